The lowest BCUT2D eigenvalue weighted by Crippen LogP contribution is -2.53. The zero-order valence-electron chi connectivity index (χ0n) is 29.4. The van der Waals surface area contributed by atoms with Gasteiger partial charge in [-0.1, -0.05) is 78.2 Å². The lowest BCUT2D eigenvalue weighted by molar-refractivity contribution is -0.139. The van der Waals surface area contributed by atoms with Crippen LogP contribution in [0.4, 0.5) is 24.7 Å². The van der Waals surface area contributed by atoms with Crippen LogP contribution >= 0.6 is 23.2 Å². The van der Waals surface area contributed by atoms with Gasteiger partial charge in [0, 0.05) is 17.1 Å². The molecule has 3 aromatic carbocycles. The molecule has 282 valence electrons. The van der Waals surface area contributed by atoms with Crippen molar-refractivity contribution in [3.63, 3.8) is 0 Å². The van der Waals surface area contributed by atoms with Crippen molar-refractivity contribution in [3.05, 3.63) is 129 Å². The lowest BCUT2D eigenvalue weighted by atomic mass is 9.49. The first-order valence-corrected chi connectivity index (χ1v) is 18.5. The molecule has 4 aromatic rings. The summed E-state index contributed by atoms with van der Waals surface area (Å²) in [6, 6.07) is 19.3. The number of amides is 4. The molecule has 3 heterocycles. The number of aryl methyl sites for hydroxylation is 2. The molecule has 6 unspecified atom stereocenters. The molecule has 0 bridgehead atoms. The van der Waals surface area contributed by atoms with Crippen molar-refractivity contribution in [1.29, 1.82) is 0 Å². The van der Waals surface area contributed by atoms with E-state index in [2.05, 4.69) is 10.4 Å². The molecule has 14 heteroatoms. The van der Waals surface area contributed by atoms with Gasteiger partial charge in [0.1, 0.15) is 5.75 Å². The topological polar surface area (TPSA) is 120 Å². The molecule has 6 atom stereocenters. The summed E-state index contributed by atoms with van der Waals surface area (Å²) in [4.78, 5) is 63.8. The summed E-state index contributed by atoms with van der Waals surface area (Å²) in [7, 11) is 0. The molecular weight excluding hydrogens is 756 g/mol. The SMILES string of the molecule is CCc1ccc(N2C(=O)C3CC=C4C(CC5C(=O)N(Nc6ncc(C(F)(F)F)cc6Cl)C(=O)C5(c5ccc(Cl)cc5)C4c4ccc(O)c(C)c4)C3C2=O)cc1. The molecule has 1 aromatic heterocycles. The zero-order valence-corrected chi connectivity index (χ0v) is 30.9. The molecule has 2 N–H and O–H groups in total. The number of nitrogens with zero attached hydrogens (tertiary/aromatic N) is 3. The predicted molar refractivity (Wildman–Crippen MR) is 198 cm³/mol. The number of alkyl halides is 3. The number of benzene rings is 3. The van der Waals surface area contributed by atoms with Crippen molar-refractivity contribution in [2.24, 2.45) is 23.7 Å². The van der Waals surface area contributed by atoms with Gasteiger partial charge in [-0.2, -0.15) is 18.2 Å². The fourth-order valence-electron chi connectivity index (χ4n) is 9.15. The minimum Gasteiger partial charge on any atom is -0.508 e. The molecule has 0 spiro atoms. The molecule has 2 aliphatic carbocycles. The number of nitrogens with one attached hydrogen (secondary N) is 1. The number of phenols is 1. The van der Waals surface area contributed by atoms with E-state index in [1.165, 1.54) is 11.0 Å². The zero-order chi connectivity index (χ0) is 39.1. The van der Waals surface area contributed by atoms with Gasteiger partial charge in [0.2, 0.25) is 11.8 Å². The minimum atomic E-state index is -4.74. The highest BCUT2D eigenvalue weighted by Gasteiger charge is 2.70. The van der Waals surface area contributed by atoms with E-state index in [9.17, 15) is 32.7 Å². The number of hydrogen-bond donors (Lipinski definition) is 2. The normalized spacial score (nSPS) is 26.2. The number of imide groups is 2. The third-order valence-electron chi connectivity index (χ3n) is 11.7. The van der Waals surface area contributed by atoms with Crippen LogP contribution < -0.4 is 10.3 Å². The number of aromatic hydroxyl groups is 1. The summed E-state index contributed by atoms with van der Waals surface area (Å²) in [5, 5.41) is 11.2. The number of hydrogen-bond acceptors (Lipinski definition) is 7. The molecule has 0 radical (unpaired) electrons. The van der Waals surface area contributed by atoms with E-state index >= 15 is 4.79 Å². The van der Waals surface area contributed by atoms with Crippen molar-refractivity contribution >= 4 is 58.3 Å². The Labute approximate surface area is 323 Å². The van der Waals surface area contributed by atoms with E-state index < -0.39 is 69.5 Å². The first kappa shape index (κ1) is 36.8. The Bertz CT molecular complexity index is 2320. The fourth-order valence-corrected chi connectivity index (χ4v) is 9.49. The van der Waals surface area contributed by atoms with Gasteiger partial charge in [-0.05, 0) is 90.8 Å². The van der Waals surface area contributed by atoms with Gasteiger partial charge in [0.05, 0.1) is 39.4 Å². The number of pyridine rings is 1. The number of hydrazine groups is 1. The van der Waals surface area contributed by atoms with Crippen LogP contribution in [-0.4, -0.2) is 38.7 Å². The number of carbonyl (C=O) groups is 4. The number of aromatic nitrogens is 1. The van der Waals surface area contributed by atoms with Crippen LogP contribution in [0.3, 0.4) is 0 Å². The Kier molecular flexibility index (Phi) is 8.84. The second kappa shape index (κ2) is 13.2. The average molecular weight is 790 g/mol. The second-order valence-corrected chi connectivity index (χ2v) is 15.3. The lowest BCUT2D eigenvalue weighted by Gasteiger charge is -2.50. The van der Waals surface area contributed by atoms with E-state index in [4.69, 9.17) is 23.2 Å². The largest absolute Gasteiger partial charge is 0.508 e. The van der Waals surface area contributed by atoms with Gasteiger partial charge < -0.3 is 5.11 Å². The molecule has 4 aliphatic rings. The summed E-state index contributed by atoms with van der Waals surface area (Å²) in [6.07, 6.45) is -1.32. The second-order valence-electron chi connectivity index (χ2n) is 14.5. The summed E-state index contributed by atoms with van der Waals surface area (Å²) >= 11 is 12.6. The Hall–Kier alpha value is -5.20. The van der Waals surface area contributed by atoms with Crippen molar-refractivity contribution in [1.82, 2.24) is 9.99 Å². The predicted octanol–water partition coefficient (Wildman–Crippen LogP) is 8.17. The van der Waals surface area contributed by atoms with E-state index in [1.54, 1.807) is 55.5 Å². The van der Waals surface area contributed by atoms with Crippen molar-refractivity contribution < 1.29 is 37.5 Å². The van der Waals surface area contributed by atoms with Crippen LogP contribution in [0, 0.1) is 30.6 Å². The van der Waals surface area contributed by atoms with Crippen LogP contribution in [-0.2, 0) is 37.2 Å². The van der Waals surface area contributed by atoms with E-state index in [1.807, 2.05) is 25.1 Å². The van der Waals surface area contributed by atoms with Gasteiger partial charge >= 0.3 is 6.18 Å². The Morgan fingerprint density at radius 3 is 2.27 bits per heavy atom. The highest BCUT2D eigenvalue weighted by atomic mass is 35.5. The minimum absolute atomic E-state index is 0.00679. The number of halogens is 5. The summed E-state index contributed by atoms with van der Waals surface area (Å²) in [6.45, 7) is 3.70. The van der Waals surface area contributed by atoms with Crippen LogP contribution in [0.25, 0.3) is 0 Å². The number of rotatable bonds is 6. The number of phenolic OH excluding ortho intramolecular Hbond substituents is 1. The van der Waals surface area contributed by atoms with Crippen LogP contribution in [0.2, 0.25) is 10.0 Å². The smallest absolute Gasteiger partial charge is 0.417 e. The van der Waals surface area contributed by atoms with Crippen LogP contribution in [0.1, 0.15) is 53.5 Å². The first-order chi connectivity index (χ1) is 26.2. The van der Waals surface area contributed by atoms with Gasteiger partial charge in [0.15, 0.2) is 5.82 Å². The van der Waals surface area contributed by atoms with Crippen molar-refractivity contribution in [3.8, 4) is 5.75 Å². The Balaban J connectivity index is 1.30. The van der Waals surface area contributed by atoms with Crippen molar-refractivity contribution in [2.45, 2.75) is 50.6 Å². The summed E-state index contributed by atoms with van der Waals surface area (Å²) in [5.41, 5.74) is 3.50. The van der Waals surface area contributed by atoms with Crippen LogP contribution in [0.5, 0.6) is 5.75 Å². The van der Waals surface area contributed by atoms with E-state index in [0.717, 1.165) is 17.0 Å². The maximum absolute atomic E-state index is 15.3. The maximum Gasteiger partial charge on any atom is 0.417 e. The maximum atomic E-state index is 15.3. The fraction of sp³-hybridized carbons (Fsp3) is 0.293. The number of carbonyl (C=O) groups excluding carboxylic acids is 4. The number of anilines is 2. The standard InChI is InChI=1S/C41H33Cl2F3N4O5/c1-3-21-4-11-26(12-5-21)49-36(52)28-14-13-27-29(33(28)38(49)54)18-30-37(53)50(48-35-31(43)17-24(19-47-35)41(44,45)46)39(55)40(30,23-7-9-25(42)10-8-23)34(27)22-6-15-32(51)20(2)16-22/h4-13,15-17,19,28-30,33-34,51H,3,14,18H2,1-2H3,(H,47,48). The molecule has 2 aliphatic heterocycles. The van der Waals surface area contributed by atoms with E-state index in [-0.39, 0.29) is 30.3 Å². The molecule has 55 heavy (non-hydrogen) atoms. The highest BCUT2D eigenvalue weighted by molar-refractivity contribution is 6.33. The molecule has 9 nitrogen and oxygen atoms in total. The Morgan fingerprint density at radius 1 is 0.927 bits per heavy atom. The quantitative estimate of drug-likeness (QED) is 0.149. The molecular formula is C41H33Cl2F3N4O5. The van der Waals surface area contributed by atoms with Crippen molar-refractivity contribution in [2.75, 3.05) is 10.3 Å². The monoisotopic (exact) mass is 788 g/mol. The van der Waals surface area contributed by atoms with E-state index in [0.29, 0.717) is 45.2 Å². The third-order valence-corrected chi connectivity index (χ3v) is 12.3. The molecule has 1 saturated carbocycles. The van der Waals surface area contributed by atoms with Gasteiger partial charge in [0.25, 0.3) is 11.8 Å². The first-order valence-electron chi connectivity index (χ1n) is 17.8. The summed E-state index contributed by atoms with van der Waals surface area (Å²) in [5.74, 6) is -6.82. The number of fused-ring (bicyclic) bond motifs is 4. The third kappa shape index (κ3) is 5.63. The Morgan fingerprint density at radius 2 is 1.64 bits per heavy atom. The van der Waals surface area contributed by atoms with Gasteiger partial charge in [-0.25, -0.2) is 4.98 Å². The van der Waals surface area contributed by atoms with Crippen LogP contribution in [0.15, 0.2) is 90.6 Å². The van der Waals surface area contributed by atoms with Gasteiger partial charge in [-0.3, -0.25) is 29.5 Å². The molecule has 4 amide bonds. The molecule has 3 fully saturated rings. The summed E-state index contributed by atoms with van der Waals surface area (Å²) < 4.78 is 40.4. The molecule has 8 rings (SSSR count). The highest BCUT2D eigenvalue weighted by Crippen LogP contribution is 2.64. The number of allylic oxidation sites excluding steroid dienone is 2. The van der Waals surface area contributed by atoms with Gasteiger partial charge in [-0.15, -0.1) is 0 Å². The average Bonchev–Trinajstić information content (AvgIpc) is 3.54. The molecule has 2 saturated heterocycles.